The average molecular weight is 666 g/mol. The Morgan fingerprint density at radius 3 is 2.12 bits per heavy atom. The number of carbonyl (C=O) groups excluding carboxylic acids is 2. The van der Waals surface area contributed by atoms with Crippen molar-refractivity contribution in [1.29, 1.82) is 0 Å². The molecule has 2 atom stereocenters. The molecule has 10 heteroatoms. The summed E-state index contributed by atoms with van der Waals surface area (Å²) in [7, 11) is 0. The van der Waals surface area contributed by atoms with Crippen LogP contribution < -0.4 is 19.1 Å². The van der Waals surface area contributed by atoms with Crippen molar-refractivity contribution < 1.29 is 33.6 Å². The second-order valence-electron chi connectivity index (χ2n) is 12.1. The Balaban J connectivity index is 1.28. The molecule has 0 spiro atoms. The molecule has 0 aliphatic carbocycles. The molecular formula is C38H35NO8S. The molecule has 0 amide bonds. The van der Waals surface area contributed by atoms with Crippen LogP contribution in [0.4, 0.5) is 0 Å². The summed E-state index contributed by atoms with van der Waals surface area (Å²) in [6, 6.07) is 25.0. The highest BCUT2D eigenvalue weighted by Crippen LogP contribution is 2.49. The molecule has 246 valence electrons. The Labute approximate surface area is 281 Å². The van der Waals surface area contributed by atoms with Crippen LogP contribution in [-0.2, 0) is 11.2 Å². The number of benzene rings is 4. The van der Waals surface area contributed by atoms with Gasteiger partial charge in [-0.1, -0.05) is 59.9 Å². The van der Waals surface area contributed by atoms with E-state index in [1.54, 1.807) is 48.5 Å². The number of aromatic amines is 1. The van der Waals surface area contributed by atoms with E-state index in [0.29, 0.717) is 50.8 Å². The van der Waals surface area contributed by atoms with Crippen LogP contribution in [0.5, 0.6) is 23.1 Å². The molecule has 1 aromatic heterocycles. The van der Waals surface area contributed by atoms with Gasteiger partial charge < -0.3 is 24.1 Å². The van der Waals surface area contributed by atoms with Gasteiger partial charge >= 0.3 is 16.8 Å². The lowest BCUT2D eigenvalue weighted by molar-refractivity contribution is -0.0435. The third kappa shape index (κ3) is 6.84. The molecule has 0 saturated carbocycles. The highest BCUT2D eigenvalue weighted by atomic mass is 32.1. The van der Waals surface area contributed by atoms with Gasteiger partial charge in [0.25, 0.3) is 0 Å². The number of carbonyl (C=O) groups is 2. The smallest absolute Gasteiger partial charge is 0.343 e. The Morgan fingerprint density at radius 2 is 1.52 bits per heavy atom. The van der Waals surface area contributed by atoms with Gasteiger partial charge in [0.1, 0.15) is 35.6 Å². The number of hydrogen-bond acceptors (Lipinski definition) is 9. The van der Waals surface area contributed by atoms with Crippen molar-refractivity contribution in [3.8, 4) is 23.1 Å². The Morgan fingerprint density at radius 1 is 0.896 bits per heavy atom. The summed E-state index contributed by atoms with van der Waals surface area (Å²) in [5.41, 5.74) is 3.65. The molecule has 1 aliphatic rings. The van der Waals surface area contributed by atoms with E-state index < -0.39 is 23.6 Å². The van der Waals surface area contributed by atoms with Crippen molar-refractivity contribution in [2.75, 3.05) is 6.61 Å². The summed E-state index contributed by atoms with van der Waals surface area (Å²) in [6.07, 6.45) is -0.0490. The molecule has 0 saturated heterocycles. The SMILES string of the molecule is Cc1c(C)c2c(c(C)c1OC(=O)c1ccccc1)C(OC(=O)c1ccccc1)CC(C)(COc1ccc(Cc3sc(=O)[nH]c3O)cc1)O2. The van der Waals surface area contributed by atoms with Gasteiger partial charge in [0.05, 0.1) is 16.0 Å². The van der Waals surface area contributed by atoms with Gasteiger partial charge in [0, 0.05) is 24.0 Å². The summed E-state index contributed by atoms with van der Waals surface area (Å²) >= 11 is 0.975. The van der Waals surface area contributed by atoms with Gasteiger partial charge in [-0.05, 0) is 80.8 Å². The zero-order valence-electron chi connectivity index (χ0n) is 27.0. The van der Waals surface area contributed by atoms with E-state index in [0.717, 1.165) is 28.0 Å². The highest BCUT2D eigenvalue weighted by molar-refractivity contribution is 7.09. The molecule has 4 aromatic carbocycles. The number of nitrogens with one attached hydrogen (secondary N) is 1. The van der Waals surface area contributed by atoms with Crippen LogP contribution in [0.1, 0.15) is 72.9 Å². The maximum atomic E-state index is 13.4. The Bertz CT molecular complexity index is 2020. The van der Waals surface area contributed by atoms with Crippen molar-refractivity contribution in [3.05, 3.63) is 138 Å². The largest absolute Gasteiger partial charge is 0.494 e. The van der Waals surface area contributed by atoms with E-state index in [1.165, 1.54) is 0 Å². The average Bonchev–Trinajstić information content (AvgIpc) is 3.41. The number of ether oxygens (including phenoxy) is 4. The molecule has 6 rings (SSSR count). The van der Waals surface area contributed by atoms with E-state index >= 15 is 0 Å². The maximum Gasteiger partial charge on any atom is 0.343 e. The minimum absolute atomic E-state index is 0.113. The lowest BCUT2D eigenvalue weighted by Crippen LogP contribution is -2.45. The number of hydrogen-bond donors (Lipinski definition) is 2. The van der Waals surface area contributed by atoms with Crippen LogP contribution in [0, 0.1) is 20.8 Å². The van der Waals surface area contributed by atoms with Crippen LogP contribution in [-0.4, -0.2) is 34.2 Å². The molecule has 2 unspecified atom stereocenters. The van der Waals surface area contributed by atoms with Gasteiger partial charge in [0.15, 0.2) is 0 Å². The van der Waals surface area contributed by atoms with E-state index in [4.69, 9.17) is 18.9 Å². The maximum absolute atomic E-state index is 13.4. The number of aromatic hydroxyl groups is 1. The fourth-order valence-electron chi connectivity index (χ4n) is 5.85. The standard InChI is InChI=1S/C38H35NO8S/c1-22-23(2)33-31(24(3)32(22)46-36(42)27-13-9-6-10-14-27)29(45-35(41)26-11-7-5-8-12-26)20-38(4,47-33)21-44-28-17-15-25(16-18-28)19-30-34(40)39-37(43)48-30/h5-18,29,40H,19-21H2,1-4H3,(H,39,43). The first-order chi connectivity index (χ1) is 23.0. The topological polar surface area (TPSA) is 124 Å². The number of fused-ring (bicyclic) bond motifs is 1. The molecule has 0 bridgehead atoms. The first-order valence-electron chi connectivity index (χ1n) is 15.5. The first-order valence-corrected chi connectivity index (χ1v) is 16.3. The fraction of sp³-hybridized carbons (Fsp3) is 0.237. The highest BCUT2D eigenvalue weighted by Gasteiger charge is 2.43. The molecule has 9 nitrogen and oxygen atoms in total. The van der Waals surface area contributed by atoms with Crippen molar-refractivity contribution in [1.82, 2.24) is 4.98 Å². The quantitative estimate of drug-likeness (QED) is 0.123. The lowest BCUT2D eigenvalue weighted by Gasteiger charge is -2.41. The van der Waals surface area contributed by atoms with E-state index in [2.05, 4.69) is 4.98 Å². The number of esters is 2. The second-order valence-corrected chi connectivity index (χ2v) is 13.2. The summed E-state index contributed by atoms with van der Waals surface area (Å²) in [6.45, 7) is 7.68. The third-order valence-electron chi connectivity index (χ3n) is 8.52. The predicted molar refractivity (Wildman–Crippen MR) is 182 cm³/mol. The molecule has 48 heavy (non-hydrogen) atoms. The summed E-state index contributed by atoms with van der Waals surface area (Å²) in [5.74, 6) is 0.494. The monoisotopic (exact) mass is 665 g/mol. The molecular weight excluding hydrogens is 630 g/mol. The van der Waals surface area contributed by atoms with E-state index in [1.807, 2.05) is 64.1 Å². The zero-order chi connectivity index (χ0) is 34.0. The Hall–Kier alpha value is -5.35. The van der Waals surface area contributed by atoms with Gasteiger partial charge in [0.2, 0.25) is 5.88 Å². The van der Waals surface area contributed by atoms with Gasteiger partial charge in [-0.2, -0.15) is 0 Å². The van der Waals surface area contributed by atoms with E-state index in [9.17, 15) is 19.5 Å². The van der Waals surface area contributed by atoms with Gasteiger partial charge in [-0.3, -0.25) is 9.78 Å². The minimum atomic E-state index is -0.900. The normalized spacial score (nSPS) is 16.8. The van der Waals surface area contributed by atoms with Gasteiger partial charge in [-0.15, -0.1) is 0 Å². The number of thiazole rings is 1. The molecule has 5 aromatic rings. The summed E-state index contributed by atoms with van der Waals surface area (Å²) < 4.78 is 25.1. The second kappa shape index (κ2) is 13.4. The number of rotatable bonds is 9. The molecule has 0 radical (unpaired) electrons. The lowest BCUT2D eigenvalue weighted by atomic mass is 9.85. The van der Waals surface area contributed by atoms with Crippen LogP contribution in [0.25, 0.3) is 0 Å². The van der Waals surface area contributed by atoms with Crippen LogP contribution in [0.3, 0.4) is 0 Å². The van der Waals surface area contributed by atoms with Crippen molar-refractivity contribution >= 4 is 23.3 Å². The van der Waals surface area contributed by atoms with Crippen molar-refractivity contribution in [2.24, 2.45) is 0 Å². The molecule has 0 fully saturated rings. The van der Waals surface area contributed by atoms with Crippen molar-refractivity contribution in [3.63, 3.8) is 0 Å². The molecule has 2 N–H and O–H groups in total. The van der Waals surface area contributed by atoms with Crippen molar-refractivity contribution in [2.45, 2.75) is 52.2 Å². The molecule has 2 heterocycles. The minimum Gasteiger partial charge on any atom is -0.494 e. The third-order valence-corrected chi connectivity index (χ3v) is 9.39. The molecule has 1 aliphatic heterocycles. The van der Waals surface area contributed by atoms with Gasteiger partial charge in [-0.25, -0.2) is 9.59 Å². The number of H-pyrrole nitrogens is 1. The zero-order valence-corrected chi connectivity index (χ0v) is 27.8. The summed E-state index contributed by atoms with van der Waals surface area (Å²) in [5, 5.41) is 9.93. The van der Waals surface area contributed by atoms with Crippen LogP contribution in [0.2, 0.25) is 0 Å². The predicted octanol–water partition coefficient (Wildman–Crippen LogP) is 7.40. The number of aromatic nitrogens is 1. The fourth-order valence-corrected chi connectivity index (χ4v) is 6.61. The summed E-state index contributed by atoms with van der Waals surface area (Å²) in [4.78, 5) is 40.7. The van der Waals surface area contributed by atoms with Crippen LogP contribution >= 0.6 is 11.3 Å². The van der Waals surface area contributed by atoms with Crippen LogP contribution in [0.15, 0.2) is 89.7 Å². The Kier molecular flexibility index (Phi) is 9.10. The van der Waals surface area contributed by atoms with E-state index in [-0.39, 0.29) is 23.8 Å². The first kappa shape index (κ1) is 32.6.